The second-order valence-corrected chi connectivity index (χ2v) is 3.52. The van der Waals surface area contributed by atoms with Gasteiger partial charge in [-0.1, -0.05) is 0 Å². The van der Waals surface area contributed by atoms with Crippen molar-refractivity contribution in [1.82, 2.24) is 4.98 Å². The summed E-state index contributed by atoms with van der Waals surface area (Å²) in [6, 6.07) is 0. The molecule has 1 aromatic rings. The lowest BCUT2D eigenvalue weighted by Gasteiger charge is -2.17. The highest BCUT2D eigenvalue weighted by atomic mass is 16.5. The molecule has 0 atom stereocenters. The maximum atomic E-state index is 10.7. The molecule has 2 N–H and O–H groups in total. The first-order chi connectivity index (χ1) is 7.29. The molecule has 0 unspecified atom stereocenters. The molecule has 7 heteroatoms. The van der Waals surface area contributed by atoms with E-state index in [0.29, 0.717) is 0 Å². The molecule has 1 rings (SSSR count). The third-order valence-electron chi connectivity index (χ3n) is 2.05. The number of aromatic carboxylic acids is 2. The van der Waals surface area contributed by atoms with Gasteiger partial charge < -0.3 is 19.4 Å². The highest BCUT2D eigenvalue weighted by Gasteiger charge is 2.32. The summed E-state index contributed by atoms with van der Waals surface area (Å²) in [5.41, 5.74) is -1.62. The zero-order chi connectivity index (χ0) is 12.5. The fourth-order valence-corrected chi connectivity index (χ4v) is 0.955. The topological polar surface area (TPSA) is 110 Å². The van der Waals surface area contributed by atoms with Crippen LogP contribution in [0, 0.1) is 0 Å². The van der Waals surface area contributed by atoms with Crippen molar-refractivity contribution in [3.63, 3.8) is 0 Å². The average Bonchev–Trinajstić information content (AvgIpc) is 2.62. The zero-order valence-electron chi connectivity index (χ0n) is 8.97. The average molecular weight is 229 g/mol. The fourth-order valence-electron chi connectivity index (χ4n) is 0.955. The van der Waals surface area contributed by atoms with Gasteiger partial charge in [-0.3, -0.25) is 0 Å². The molecule has 1 aromatic heterocycles. The minimum absolute atomic E-state index is 0.0928. The Morgan fingerprint density at radius 3 is 2.19 bits per heavy atom. The number of ether oxygens (including phenoxy) is 1. The summed E-state index contributed by atoms with van der Waals surface area (Å²) in [7, 11) is 1.38. The molecule has 0 saturated carbocycles. The second kappa shape index (κ2) is 3.93. The molecule has 0 radical (unpaired) electrons. The largest absolute Gasteiger partial charge is 0.476 e. The number of carboxylic acid groups (broad SMARTS) is 2. The number of oxazole rings is 1. The number of methoxy groups -OCH3 is 1. The molecule has 88 valence electrons. The van der Waals surface area contributed by atoms with Gasteiger partial charge in [0.2, 0.25) is 17.3 Å². The SMILES string of the molecule is COC(C)(C)c1nc(C(=O)O)c(C(=O)O)o1. The van der Waals surface area contributed by atoms with Crippen LogP contribution in [0.4, 0.5) is 0 Å². The van der Waals surface area contributed by atoms with Crippen molar-refractivity contribution in [3.05, 3.63) is 17.3 Å². The molecule has 0 aliphatic heterocycles. The van der Waals surface area contributed by atoms with Gasteiger partial charge in [-0.25, -0.2) is 14.6 Å². The molecule has 0 aromatic carbocycles. The van der Waals surface area contributed by atoms with E-state index in [4.69, 9.17) is 19.4 Å². The van der Waals surface area contributed by atoms with Gasteiger partial charge >= 0.3 is 11.9 Å². The first-order valence-corrected chi connectivity index (χ1v) is 4.32. The predicted octanol–water partition coefficient (Wildman–Crippen LogP) is 0.953. The van der Waals surface area contributed by atoms with E-state index in [1.165, 1.54) is 7.11 Å². The van der Waals surface area contributed by atoms with Gasteiger partial charge in [0.05, 0.1) is 0 Å². The maximum absolute atomic E-state index is 10.7. The van der Waals surface area contributed by atoms with Crippen LogP contribution in [0.5, 0.6) is 0 Å². The van der Waals surface area contributed by atoms with Crippen molar-refractivity contribution in [2.75, 3.05) is 7.11 Å². The Bertz CT molecular complexity index is 402. The maximum Gasteiger partial charge on any atom is 0.374 e. The summed E-state index contributed by atoms with van der Waals surface area (Å²) >= 11 is 0. The third kappa shape index (κ3) is 2.03. The van der Waals surface area contributed by atoms with Crippen molar-refractivity contribution < 1.29 is 29.0 Å². The molecule has 0 saturated heterocycles. The Labute approximate surface area is 90.7 Å². The van der Waals surface area contributed by atoms with Crippen molar-refractivity contribution in [1.29, 1.82) is 0 Å². The molecule has 0 aliphatic carbocycles. The molecular weight excluding hydrogens is 218 g/mol. The molecular formula is C9H11NO6. The number of carboxylic acids is 2. The number of carbonyl (C=O) groups is 2. The Morgan fingerprint density at radius 1 is 1.31 bits per heavy atom. The van der Waals surface area contributed by atoms with Gasteiger partial charge in [0.15, 0.2) is 0 Å². The van der Waals surface area contributed by atoms with Gasteiger partial charge in [0.1, 0.15) is 5.60 Å². The highest BCUT2D eigenvalue weighted by Crippen LogP contribution is 2.25. The summed E-state index contributed by atoms with van der Waals surface area (Å²) in [6.07, 6.45) is 0. The van der Waals surface area contributed by atoms with Crippen LogP contribution in [-0.4, -0.2) is 34.2 Å². The number of aromatic nitrogens is 1. The van der Waals surface area contributed by atoms with Crippen LogP contribution in [0.25, 0.3) is 0 Å². The Hall–Kier alpha value is -1.89. The zero-order valence-corrected chi connectivity index (χ0v) is 8.97. The van der Waals surface area contributed by atoms with Gasteiger partial charge in [0.25, 0.3) is 0 Å². The van der Waals surface area contributed by atoms with Crippen LogP contribution in [0.3, 0.4) is 0 Å². The van der Waals surface area contributed by atoms with E-state index in [1.807, 2.05) is 0 Å². The molecule has 1 heterocycles. The van der Waals surface area contributed by atoms with Crippen LogP contribution in [-0.2, 0) is 10.3 Å². The van der Waals surface area contributed by atoms with Gasteiger partial charge in [-0.05, 0) is 13.8 Å². The molecule has 0 aliphatic rings. The predicted molar refractivity (Wildman–Crippen MR) is 50.5 cm³/mol. The lowest BCUT2D eigenvalue weighted by atomic mass is 10.1. The quantitative estimate of drug-likeness (QED) is 0.790. The summed E-state index contributed by atoms with van der Waals surface area (Å²) < 4.78 is 9.89. The number of rotatable bonds is 4. The van der Waals surface area contributed by atoms with Crippen LogP contribution in [0.2, 0.25) is 0 Å². The van der Waals surface area contributed by atoms with Crippen molar-refractivity contribution in [2.24, 2.45) is 0 Å². The smallest absolute Gasteiger partial charge is 0.374 e. The van der Waals surface area contributed by atoms with Gasteiger partial charge in [0, 0.05) is 7.11 Å². The van der Waals surface area contributed by atoms with E-state index in [-0.39, 0.29) is 5.89 Å². The minimum Gasteiger partial charge on any atom is -0.476 e. The van der Waals surface area contributed by atoms with Gasteiger partial charge in [-0.2, -0.15) is 0 Å². The van der Waals surface area contributed by atoms with E-state index in [2.05, 4.69) is 4.98 Å². The third-order valence-corrected chi connectivity index (χ3v) is 2.05. The fraction of sp³-hybridized carbons (Fsp3) is 0.444. The number of hydrogen-bond donors (Lipinski definition) is 2. The van der Waals surface area contributed by atoms with Crippen molar-refractivity contribution in [2.45, 2.75) is 19.4 Å². The lowest BCUT2D eigenvalue weighted by Crippen LogP contribution is -2.20. The van der Waals surface area contributed by atoms with E-state index in [1.54, 1.807) is 13.8 Å². The summed E-state index contributed by atoms with van der Waals surface area (Å²) in [4.78, 5) is 25.0. The molecule has 7 nitrogen and oxygen atoms in total. The monoisotopic (exact) mass is 229 g/mol. The van der Waals surface area contributed by atoms with Crippen molar-refractivity contribution in [3.8, 4) is 0 Å². The molecule has 16 heavy (non-hydrogen) atoms. The molecule has 0 bridgehead atoms. The highest BCUT2D eigenvalue weighted by molar-refractivity contribution is 5.98. The standard InChI is InChI=1S/C9H11NO6/c1-9(2,15-3)8-10-4(6(11)12)5(16-8)7(13)14/h1-3H3,(H,11,12)(H,13,14). The van der Waals surface area contributed by atoms with Gasteiger partial charge in [-0.15, -0.1) is 0 Å². The van der Waals surface area contributed by atoms with Crippen LogP contribution in [0.15, 0.2) is 4.42 Å². The summed E-state index contributed by atoms with van der Waals surface area (Å²) in [5.74, 6) is -3.74. The normalized spacial score (nSPS) is 11.4. The summed E-state index contributed by atoms with van der Waals surface area (Å²) in [5, 5.41) is 17.5. The molecule has 0 spiro atoms. The van der Waals surface area contributed by atoms with E-state index >= 15 is 0 Å². The lowest BCUT2D eigenvalue weighted by molar-refractivity contribution is -0.00471. The number of hydrogen-bond acceptors (Lipinski definition) is 5. The van der Waals surface area contributed by atoms with E-state index in [9.17, 15) is 9.59 Å². The van der Waals surface area contributed by atoms with E-state index < -0.39 is 29.0 Å². The minimum atomic E-state index is -1.48. The number of nitrogens with zero attached hydrogens (tertiary/aromatic N) is 1. The molecule has 0 amide bonds. The molecule has 0 fully saturated rings. The van der Waals surface area contributed by atoms with Crippen LogP contribution < -0.4 is 0 Å². The van der Waals surface area contributed by atoms with Crippen LogP contribution in [0.1, 0.15) is 40.8 Å². The Balaban J connectivity index is 3.32. The second-order valence-electron chi connectivity index (χ2n) is 3.52. The first kappa shape index (κ1) is 12.2. The van der Waals surface area contributed by atoms with E-state index in [0.717, 1.165) is 0 Å². The summed E-state index contributed by atoms with van der Waals surface area (Å²) in [6.45, 7) is 3.16. The van der Waals surface area contributed by atoms with Crippen molar-refractivity contribution >= 4 is 11.9 Å². The van der Waals surface area contributed by atoms with Crippen LogP contribution >= 0.6 is 0 Å². The Kier molecular flexibility index (Phi) is 2.99. The first-order valence-electron chi connectivity index (χ1n) is 4.32. The Morgan fingerprint density at radius 2 is 1.88 bits per heavy atom.